The SMILES string of the molecule is CC[C@H](NC(=O)C(C[C@H](C)CCCCCCN)N(C)C(=O)CC(C)C)C(=O)N(C)[C@H](CSC(C)(C)CCC(=O)OC)C(=O)N(C)[C@@H](CC(C)C)C(=O)N[C@H](C(=O)N(C)[C@@H](CC(C)C)C(=O)N[C@H](C)C(=O)NC(=O)N(C)[C@@H](CC(C)C)C(=O)NC)C(C)C. The van der Waals surface area contributed by atoms with Gasteiger partial charge in [-0.15, -0.1) is 0 Å². The van der Waals surface area contributed by atoms with E-state index in [0.29, 0.717) is 25.8 Å². The number of unbranched alkanes of at least 4 members (excludes halogenated alkanes) is 3. The van der Waals surface area contributed by atoms with E-state index in [9.17, 15) is 47.9 Å². The summed E-state index contributed by atoms with van der Waals surface area (Å²) < 4.78 is 4.29. The highest BCUT2D eigenvalue weighted by Gasteiger charge is 2.42. The van der Waals surface area contributed by atoms with Gasteiger partial charge in [-0.1, -0.05) is 123 Å². The molecule has 0 bridgehead atoms. The van der Waals surface area contributed by atoms with Crippen LogP contribution in [0.2, 0.25) is 0 Å². The summed E-state index contributed by atoms with van der Waals surface area (Å²) in [6, 6.07) is -9.73. The number of nitrogens with zero attached hydrogens (tertiary/aromatic N) is 5. The molecule has 0 saturated heterocycles. The second-order valence-corrected chi connectivity index (χ2v) is 28.1. The average molecular weight is 1250 g/mol. The van der Waals surface area contributed by atoms with Crippen LogP contribution in [0.3, 0.4) is 0 Å². The first kappa shape index (κ1) is 81.5. The Morgan fingerprint density at radius 1 is 0.540 bits per heavy atom. The summed E-state index contributed by atoms with van der Waals surface area (Å²) in [6.07, 6.45) is 6.51. The monoisotopic (exact) mass is 1250 g/mol. The lowest BCUT2D eigenvalue weighted by molar-refractivity contribution is -0.149. The maximum absolute atomic E-state index is 15.3. The van der Waals surface area contributed by atoms with Gasteiger partial charge in [-0.05, 0) is 93.9 Å². The second kappa shape index (κ2) is 40.2. The van der Waals surface area contributed by atoms with E-state index in [0.717, 1.165) is 37.0 Å². The van der Waals surface area contributed by atoms with E-state index < -0.39 is 118 Å². The summed E-state index contributed by atoms with van der Waals surface area (Å²) in [6.45, 7) is 28.2. The lowest BCUT2D eigenvalue weighted by Gasteiger charge is -2.38. The molecular weight excluding hydrogens is 1130 g/mol. The first-order valence-corrected chi connectivity index (χ1v) is 32.5. The number of nitrogens with one attached hydrogen (secondary N) is 5. The predicted octanol–water partition coefficient (Wildman–Crippen LogP) is 5.70. The normalized spacial score (nSPS) is 14.8. The molecule has 502 valence electrons. The summed E-state index contributed by atoms with van der Waals surface area (Å²) in [5, 5.41) is 13.3. The number of likely N-dealkylation sites (N-methyl/N-ethyl adjacent to an activating group) is 6. The van der Waals surface area contributed by atoms with Gasteiger partial charge in [0, 0.05) is 65.6 Å². The third kappa shape index (κ3) is 28.7. The molecule has 0 aromatic heterocycles. The minimum atomic E-state index is -1.26. The molecule has 24 heteroatoms. The number of hydrogen-bond acceptors (Lipinski definition) is 14. The van der Waals surface area contributed by atoms with Crippen LogP contribution < -0.4 is 32.3 Å². The van der Waals surface area contributed by atoms with Crippen molar-refractivity contribution in [1.29, 1.82) is 0 Å². The Bertz CT molecular complexity index is 2230. The van der Waals surface area contributed by atoms with Gasteiger partial charge in [-0.25, -0.2) is 4.79 Å². The Labute approximate surface area is 526 Å². The molecule has 9 atom stereocenters. The minimum Gasteiger partial charge on any atom is -0.469 e. The third-order valence-corrected chi connectivity index (χ3v) is 17.3. The van der Waals surface area contributed by atoms with Gasteiger partial charge in [0.2, 0.25) is 53.2 Å². The zero-order valence-electron chi connectivity index (χ0n) is 57.3. The van der Waals surface area contributed by atoms with Crippen LogP contribution >= 0.6 is 11.8 Å². The Kier molecular flexibility index (Phi) is 37.6. The smallest absolute Gasteiger partial charge is 0.324 e. The number of amides is 11. The minimum absolute atomic E-state index is 0.0130. The number of carbonyl (C=O) groups excluding carboxylic acids is 11. The van der Waals surface area contributed by atoms with Crippen molar-refractivity contribution in [2.45, 2.75) is 240 Å². The number of hydrogen-bond donors (Lipinski definition) is 6. The maximum Gasteiger partial charge on any atom is 0.324 e. The largest absolute Gasteiger partial charge is 0.469 e. The molecule has 11 amide bonds. The fraction of sp³-hybridized carbons (Fsp3) is 0.825. The van der Waals surface area contributed by atoms with Crippen LogP contribution in [-0.2, 0) is 52.7 Å². The van der Waals surface area contributed by atoms with Gasteiger partial charge in [0.05, 0.1) is 7.11 Å². The summed E-state index contributed by atoms with van der Waals surface area (Å²) in [5.74, 6) is -6.19. The van der Waals surface area contributed by atoms with Gasteiger partial charge >= 0.3 is 12.0 Å². The zero-order chi connectivity index (χ0) is 67.4. The van der Waals surface area contributed by atoms with Crippen molar-refractivity contribution >= 4 is 76.9 Å². The number of nitrogens with two attached hydrogens (primary N) is 1. The van der Waals surface area contributed by atoms with Gasteiger partial charge in [0.25, 0.3) is 0 Å². The molecule has 0 aliphatic heterocycles. The number of methoxy groups -OCH3 is 1. The van der Waals surface area contributed by atoms with Crippen LogP contribution in [0, 0.1) is 35.5 Å². The van der Waals surface area contributed by atoms with Crippen LogP contribution in [0.1, 0.15) is 187 Å². The summed E-state index contributed by atoms with van der Waals surface area (Å²) in [4.78, 5) is 160. The van der Waals surface area contributed by atoms with E-state index in [1.54, 1.807) is 27.8 Å². The number of carbonyl (C=O) groups is 11. The van der Waals surface area contributed by atoms with Crippen LogP contribution in [-0.4, -0.2) is 204 Å². The van der Waals surface area contributed by atoms with Crippen molar-refractivity contribution in [3.63, 3.8) is 0 Å². The van der Waals surface area contributed by atoms with Gasteiger partial charge < -0.3 is 56.2 Å². The average Bonchev–Trinajstić information content (AvgIpc) is 1.86. The molecule has 87 heavy (non-hydrogen) atoms. The van der Waals surface area contributed by atoms with E-state index in [2.05, 4.69) is 33.5 Å². The highest BCUT2D eigenvalue weighted by molar-refractivity contribution is 8.00. The maximum atomic E-state index is 15.3. The first-order chi connectivity index (χ1) is 40.3. The van der Waals surface area contributed by atoms with Crippen LogP contribution in [0.25, 0.3) is 0 Å². The van der Waals surface area contributed by atoms with E-state index in [-0.39, 0.29) is 73.4 Å². The third-order valence-electron chi connectivity index (χ3n) is 15.8. The van der Waals surface area contributed by atoms with E-state index >= 15 is 4.79 Å². The Balaban J connectivity index is 7.23. The highest BCUT2D eigenvalue weighted by atomic mass is 32.2. The molecule has 0 heterocycles. The Hall–Kier alpha value is -5.52. The number of ether oxygens (including phenoxy) is 1. The molecule has 0 aliphatic carbocycles. The van der Waals surface area contributed by atoms with Crippen molar-refractivity contribution in [3.8, 4) is 0 Å². The number of imide groups is 1. The van der Waals surface area contributed by atoms with Gasteiger partial charge in [0.15, 0.2) is 0 Å². The number of urea groups is 1. The molecule has 0 spiro atoms. The molecule has 7 N–H and O–H groups in total. The molecule has 0 fully saturated rings. The molecule has 0 aromatic rings. The van der Waals surface area contributed by atoms with Crippen molar-refractivity contribution < 1.29 is 57.5 Å². The van der Waals surface area contributed by atoms with Crippen molar-refractivity contribution in [3.05, 3.63) is 0 Å². The lowest BCUT2D eigenvalue weighted by Crippen LogP contribution is -2.62. The van der Waals surface area contributed by atoms with E-state index in [1.807, 2.05) is 69.2 Å². The zero-order valence-corrected chi connectivity index (χ0v) is 58.1. The Morgan fingerprint density at radius 2 is 1.01 bits per heavy atom. The molecule has 0 rings (SSSR count). The van der Waals surface area contributed by atoms with Crippen LogP contribution in [0.15, 0.2) is 0 Å². The second-order valence-electron chi connectivity index (χ2n) is 26.3. The predicted molar refractivity (Wildman–Crippen MR) is 344 cm³/mol. The summed E-state index contributed by atoms with van der Waals surface area (Å²) in [7, 11) is 10.1. The molecular formula is C63H117N11O12S. The number of esters is 1. The number of rotatable bonds is 40. The van der Waals surface area contributed by atoms with Crippen LogP contribution in [0.4, 0.5) is 4.79 Å². The van der Waals surface area contributed by atoms with Crippen molar-refractivity contribution in [1.82, 2.24) is 51.1 Å². The van der Waals surface area contributed by atoms with E-state index in [4.69, 9.17) is 10.5 Å². The molecule has 0 radical (unpaired) electrons. The molecule has 23 nitrogen and oxygen atoms in total. The van der Waals surface area contributed by atoms with Gasteiger partial charge in [-0.3, -0.25) is 53.3 Å². The molecule has 0 saturated carbocycles. The fourth-order valence-electron chi connectivity index (χ4n) is 10.0. The van der Waals surface area contributed by atoms with Crippen molar-refractivity contribution in [2.75, 3.05) is 61.7 Å². The highest BCUT2D eigenvalue weighted by Crippen LogP contribution is 2.32. The fourth-order valence-corrected chi connectivity index (χ4v) is 11.2. The molecule has 0 aromatic carbocycles. The number of thioether (sulfide) groups is 1. The van der Waals surface area contributed by atoms with E-state index in [1.165, 1.54) is 80.6 Å². The topological polar surface area (TPSA) is 299 Å². The Morgan fingerprint density at radius 3 is 1.48 bits per heavy atom. The summed E-state index contributed by atoms with van der Waals surface area (Å²) >= 11 is 1.35. The first-order valence-electron chi connectivity index (χ1n) is 31.5. The standard InChI is InChI=1S/C63H117N11O12S/c1-23-45(67-57(80)49(70(17)51(75)35-41(8)9)36-43(12)28-26-24-25-27-31-64)59(82)73(20)50(37-87-63(14,15)30-29-52(76)86-22)60(83)71(18)48(34-40(6)7)58(81)68-53(42(10)11)61(84)72(19)47(33-39(4)5)56(79)66-44(13)54(77)69-62(85)74(21)46(32-38(2)3)55(78)65-16/h38-50,53H,23-37,64H2,1-22H3,(H,65,78)(H,66,79)(H,67,80)(H,68,81)(H,69,77,85)/t43-,44-,45+,46+,47+,48+,49?,50-,53+/m1/s1. The molecule has 1 unspecified atom stereocenters. The summed E-state index contributed by atoms with van der Waals surface area (Å²) in [5.41, 5.74) is 5.70. The lowest BCUT2D eigenvalue weighted by atomic mass is 9.93. The van der Waals surface area contributed by atoms with Crippen LogP contribution in [0.5, 0.6) is 0 Å². The molecule has 0 aliphatic rings. The quantitative estimate of drug-likeness (QED) is 0.0317. The van der Waals surface area contributed by atoms with Gasteiger partial charge in [-0.2, -0.15) is 11.8 Å². The van der Waals surface area contributed by atoms with Crippen molar-refractivity contribution in [2.24, 2.45) is 41.2 Å². The van der Waals surface area contributed by atoms with Gasteiger partial charge in [0.1, 0.15) is 48.3 Å².